The van der Waals surface area contributed by atoms with E-state index in [1.807, 2.05) is 6.92 Å². The molecule has 0 fully saturated rings. The second-order valence-electron chi connectivity index (χ2n) is 5.01. The minimum atomic E-state index is 0.293. The van der Waals surface area contributed by atoms with Crippen LogP contribution in [0.2, 0.25) is 0 Å². The van der Waals surface area contributed by atoms with E-state index in [9.17, 15) is 0 Å². The lowest BCUT2D eigenvalue weighted by molar-refractivity contribution is 0.173. The van der Waals surface area contributed by atoms with Crippen molar-refractivity contribution in [3.8, 4) is 0 Å². The zero-order valence-electron chi connectivity index (χ0n) is 10.5. The monoisotopic (exact) mass is 198 g/mol. The number of nitrogens with zero attached hydrogens (tertiary/aromatic N) is 1. The third-order valence-electron chi connectivity index (χ3n) is 2.49. The van der Waals surface area contributed by atoms with Gasteiger partial charge in [0.05, 0.1) is 0 Å². The van der Waals surface area contributed by atoms with Crippen LogP contribution < -0.4 is 5.32 Å². The minimum absolute atomic E-state index is 0.293. The first kappa shape index (κ1) is 13.5. The summed E-state index contributed by atoms with van der Waals surface area (Å²) in [5, 5.41) is 3.24. The summed E-state index contributed by atoms with van der Waals surface area (Å²) in [5.74, 6) is 0. The second kappa shape index (κ2) is 6.07. The average Bonchev–Trinajstić information content (AvgIpc) is 2.01. The molecular formula is C12H26N2. The molecule has 0 rings (SSSR count). The molecule has 0 aliphatic rings. The highest BCUT2D eigenvalue weighted by molar-refractivity contribution is 4.83. The van der Waals surface area contributed by atoms with Crippen LogP contribution in [0.15, 0.2) is 12.3 Å². The molecule has 0 radical (unpaired) electrons. The van der Waals surface area contributed by atoms with Crippen LogP contribution in [-0.4, -0.2) is 30.6 Å². The normalized spacial score (nSPS) is 11.9. The molecule has 0 aromatic carbocycles. The zero-order chi connectivity index (χ0) is 11.2. The van der Waals surface area contributed by atoms with Crippen molar-refractivity contribution in [2.75, 3.05) is 20.1 Å². The summed E-state index contributed by atoms with van der Waals surface area (Å²) in [6.07, 6.45) is 2.46. The molecule has 84 valence electrons. The Hall–Kier alpha value is -0.500. The fourth-order valence-electron chi connectivity index (χ4n) is 1.11. The largest absolute Gasteiger partial charge is 0.389 e. The predicted octanol–water partition coefficient (Wildman–Crippen LogP) is 2.62. The Morgan fingerprint density at radius 2 is 1.86 bits per heavy atom. The molecule has 2 heteroatoms. The predicted molar refractivity (Wildman–Crippen MR) is 64.4 cm³/mol. The summed E-state index contributed by atoms with van der Waals surface area (Å²) < 4.78 is 0. The fourth-order valence-corrected chi connectivity index (χ4v) is 1.11. The van der Waals surface area contributed by atoms with E-state index >= 15 is 0 Å². The van der Waals surface area contributed by atoms with Crippen molar-refractivity contribution in [1.82, 2.24) is 10.2 Å². The van der Waals surface area contributed by atoms with E-state index in [-0.39, 0.29) is 0 Å². The standard InChI is InChI=1S/C12H26N2/c1-11(2)13-9-7-8-10-14(6)12(3,4)5/h13H,1,7-10H2,2-6H3. The quantitative estimate of drug-likeness (QED) is 0.660. The molecule has 0 unspecified atom stereocenters. The van der Waals surface area contributed by atoms with Crippen LogP contribution in [0.3, 0.4) is 0 Å². The topological polar surface area (TPSA) is 15.3 Å². The molecule has 0 amide bonds. The third-order valence-corrected chi connectivity index (χ3v) is 2.49. The SMILES string of the molecule is C=C(C)NCCCCN(C)C(C)(C)C. The number of hydrogen-bond acceptors (Lipinski definition) is 2. The number of unbranched alkanes of at least 4 members (excludes halogenated alkanes) is 1. The molecule has 14 heavy (non-hydrogen) atoms. The molecule has 0 aromatic rings. The molecular weight excluding hydrogens is 172 g/mol. The first-order valence-corrected chi connectivity index (χ1v) is 5.44. The van der Waals surface area contributed by atoms with E-state index in [1.54, 1.807) is 0 Å². The van der Waals surface area contributed by atoms with Gasteiger partial charge in [0.1, 0.15) is 0 Å². The number of allylic oxidation sites excluding steroid dienone is 1. The van der Waals surface area contributed by atoms with Crippen molar-refractivity contribution in [1.29, 1.82) is 0 Å². The maximum atomic E-state index is 3.81. The lowest BCUT2D eigenvalue weighted by Gasteiger charge is -2.31. The number of hydrogen-bond donors (Lipinski definition) is 1. The molecule has 0 heterocycles. The smallest absolute Gasteiger partial charge is 0.0144 e. The van der Waals surface area contributed by atoms with Crippen molar-refractivity contribution in [2.24, 2.45) is 0 Å². The lowest BCUT2D eigenvalue weighted by atomic mass is 10.1. The van der Waals surface area contributed by atoms with Gasteiger partial charge < -0.3 is 10.2 Å². The Kier molecular flexibility index (Phi) is 5.86. The Morgan fingerprint density at radius 3 is 2.29 bits per heavy atom. The van der Waals surface area contributed by atoms with E-state index in [1.165, 1.54) is 19.4 Å². The molecule has 0 atom stereocenters. The van der Waals surface area contributed by atoms with Crippen LogP contribution >= 0.6 is 0 Å². The molecule has 0 aliphatic heterocycles. The summed E-state index contributed by atoms with van der Waals surface area (Å²) in [4.78, 5) is 2.40. The van der Waals surface area contributed by atoms with Gasteiger partial charge in [-0.15, -0.1) is 0 Å². The van der Waals surface area contributed by atoms with Gasteiger partial charge in [0.25, 0.3) is 0 Å². The van der Waals surface area contributed by atoms with Crippen molar-refractivity contribution in [3.63, 3.8) is 0 Å². The minimum Gasteiger partial charge on any atom is -0.389 e. The first-order chi connectivity index (χ1) is 6.34. The van der Waals surface area contributed by atoms with E-state index in [4.69, 9.17) is 0 Å². The Labute approximate surface area is 89.4 Å². The highest BCUT2D eigenvalue weighted by atomic mass is 15.1. The van der Waals surface area contributed by atoms with Crippen molar-refractivity contribution in [2.45, 2.75) is 46.1 Å². The third kappa shape index (κ3) is 6.96. The molecule has 1 N–H and O–H groups in total. The summed E-state index contributed by atoms with van der Waals surface area (Å²) in [5.41, 5.74) is 1.36. The van der Waals surface area contributed by atoms with Crippen LogP contribution in [-0.2, 0) is 0 Å². The molecule has 0 saturated heterocycles. The van der Waals surface area contributed by atoms with Crippen LogP contribution in [0.5, 0.6) is 0 Å². The Balaban J connectivity index is 3.41. The van der Waals surface area contributed by atoms with Gasteiger partial charge in [0, 0.05) is 17.8 Å². The van der Waals surface area contributed by atoms with Crippen molar-refractivity contribution >= 4 is 0 Å². The fraction of sp³-hybridized carbons (Fsp3) is 0.833. The van der Waals surface area contributed by atoms with Crippen molar-refractivity contribution in [3.05, 3.63) is 12.3 Å². The Bertz CT molecular complexity index is 168. The lowest BCUT2D eigenvalue weighted by Crippen LogP contribution is -2.38. The van der Waals surface area contributed by atoms with Crippen LogP contribution in [0, 0.1) is 0 Å². The summed E-state index contributed by atoms with van der Waals surface area (Å²) in [6, 6.07) is 0. The highest BCUT2D eigenvalue weighted by Gasteiger charge is 2.15. The van der Waals surface area contributed by atoms with Crippen LogP contribution in [0.1, 0.15) is 40.5 Å². The van der Waals surface area contributed by atoms with Crippen molar-refractivity contribution < 1.29 is 0 Å². The molecule has 0 saturated carbocycles. The summed E-state index contributed by atoms with van der Waals surface area (Å²) >= 11 is 0. The van der Waals surface area contributed by atoms with Gasteiger partial charge in [-0.25, -0.2) is 0 Å². The van der Waals surface area contributed by atoms with E-state index in [2.05, 4.69) is 44.6 Å². The number of nitrogens with one attached hydrogen (secondary N) is 1. The second-order valence-corrected chi connectivity index (χ2v) is 5.01. The number of rotatable bonds is 6. The average molecular weight is 198 g/mol. The van der Waals surface area contributed by atoms with E-state index in [0.717, 1.165) is 12.2 Å². The van der Waals surface area contributed by atoms with Crippen LogP contribution in [0.4, 0.5) is 0 Å². The molecule has 0 aliphatic carbocycles. The van der Waals surface area contributed by atoms with Gasteiger partial charge in [-0.05, 0) is 54.1 Å². The van der Waals surface area contributed by atoms with Crippen LogP contribution in [0.25, 0.3) is 0 Å². The van der Waals surface area contributed by atoms with Gasteiger partial charge in [0.2, 0.25) is 0 Å². The van der Waals surface area contributed by atoms with E-state index < -0.39 is 0 Å². The van der Waals surface area contributed by atoms with Gasteiger partial charge in [-0.3, -0.25) is 0 Å². The Morgan fingerprint density at radius 1 is 1.29 bits per heavy atom. The summed E-state index contributed by atoms with van der Waals surface area (Å²) in [6.45, 7) is 14.8. The van der Waals surface area contributed by atoms with Gasteiger partial charge in [-0.1, -0.05) is 6.58 Å². The maximum Gasteiger partial charge on any atom is 0.0144 e. The van der Waals surface area contributed by atoms with E-state index in [0.29, 0.717) is 5.54 Å². The molecule has 0 bridgehead atoms. The maximum absolute atomic E-state index is 3.81. The van der Waals surface area contributed by atoms with Gasteiger partial charge in [-0.2, -0.15) is 0 Å². The summed E-state index contributed by atoms with van der Waals surface area (Å²) in [7, 11) is 2.19. The van der Waals surface area contributed by atoms with Gasteiger partial charge in [0.15, 0.2) is 0 Å². The van der Waals surface area contributed by atoms with Gasteiger partial charge >= 0.3 is 0 Å². The first-order valence-electron chi connectivity index (χ1n) is 5.44. The molecule has 2 nitrogen and oxygen atoms in total. The molecule has 0 spiro atoms. The molecule has 0 aromatic heterocycles. The highest BCUT2D eigenvalue weighted by Crippen LogP contribution is 2.10. The zero-order valence-corrected chi connectivity index (χ0v) is 10.5.